The van der Waals surface area contributed by atoms with Crippen LogP contribution >= 0.6 is 0 Å². The second-order valence-corrected chi connectivity index (χ2v) is 4.98. The summed E-state index contributed by atoms with van der Waals surface area (Å²) in [4.78, 5) is 2.21. The largest absolute Gasteiger partial charge is 0.378 e. The molecule has 0 aromatic rings. The van der Waals surface area contributed by atoms with Crippen molar-refractivity contribution >= 4 is 0 Å². The smallest absolute Gasteiger partial charge is 0.0575 e. The summed E-state index contributed by atoms with van der Waals surface area (Å²) >= 11 is 0. The molecule has 1 atom stereocenters. The molecule has 0 heterocycles. The van der Waals surface area contributed by atoms with E-state index in [0.717, 1.165) is 31.9 Å². The molecule has 0 aliphatic heterocycles. The summed E-state index contributed by atoms with van der Waals surface area (Å²) in [7, 11) is 4.23. The minimum Gasteiger partial charge on any atom is -0.378 e. The minimum atomic E-state index is 0.479. The lowest BCUT2D eigenvalue weighted by molar-refractivity contribution is 0.0291. The predicted octanol–water partition coefficient (Wildman–Crippen LogP) is 3.56. The first-order chi connectivity index (χ1) is 7.63. The Hall–Kier alpha value is -0.0800. The molecular weight excluding hydrogens is 198 g/mol. The molecular formula is C14H31NO. The maximum absolute atomic E-state index is 5.95. The van der Waals surface area contributed by atoms with Crippen LogP contribution in [0.3, 0.4) is 0 Å². The van der Waals surface area contributed by atoms with E-state index in [1.165, 1.54) is 19.3 Å². The summed E-state index contributed by atoms with van der Waals surface area (Å²) in [6.45, 7) is 8.84. The maximum Gasteiger partial charge on any atom is 0.0575 e. The van der Waals surface area contributed by atoms with Crippen molar-refractivity contribution in [1.29, 1.82) is 0 Å². The van der Waals surface area contributed by atoms with Crippen LogP contribution in [-0.2, 0) is 4.74 Å². The van der Waals surface area contributed by atoms with Crippen molar-refractivity contribution in [2.45, 2.75) is 59.0 Å². The molecule has 0 rings (SSSR count). The minimum absolute atomic E-state index is 0.479. The van der Waals surface area contributed by atoms with Crippen LogP contribution in [0.5, 0.6) is 0 Å². The standard InChI is InChI=1S/C14H31NO/c1-6-13(7-2)12-14(8-3)16-11-9-10-15(4)5/h13-14H,6-12H2,1-5H3. The first-order valence-corrected chi connectivity index (χ1v) is 6.90. The van der Waals surface area contributed by atoms with E-state index in [1.54, 1.807) is 0 Å². The summed E-state index contributed by atoms with van der Waals surface area (Å²) in [6, 6.07) is 0. The van der Waals surface area contributed by atoms with Crippen molar-refractivity contribution < 1.29 is 4.74 Å². The predicted molar refractivity (Wildman–Crippen MR) is 71.9 cm³/mol. The molecule has 0 bridgehead atoms. The van der Waals surface area contributed by atoms with Gasteiger partial charge in [0.1, 0.15) is 0 Å². The Morgan fingerprint density at radius 1 is 1.00 bits per heavy atom. The van der Waals surface area contributed by atoms with Gasteiger partial charge in [-0.2, -0.15) is 0 Å². The van der Waals surface area contributed by atoms with Gasteiger partial charge in [0.15, 0.2) is 0 Å². The zero-order valence-electron chi connectivity index (χ0n) is 12.0. The highest BCUT2D eigenvalue weighted by atomic mass is 16.5. The van der Waals surface area contributed by atoms with Crippen LogP contribution in [0, 0.1) is 5.92 Å². The molecule has 1 unspecified atom stereocenters. The summed E-state index contributed by atoms with van der Waals surface area (Å²) in [5.41, 5.74) is 0. The van der Waals surface area contributed by atoms with Crippen LogP contribution in [0.1, 0.15) is 52.9 Å². The molecule has 2 nitrogen and oxygen atoms in total. The normalized spacial score (nSPS) is 13.7. The van der Waals surface area contributed by atoms with E-state index in [9.17, 15) is 0 Å². The second kappa shape index (κ2) is 10.1. The molecule has 0 radical (unpaired) electrons. The molecule has 0 aromatic heterocycles. The summed E-state index contributed by atoms with van der Waals surface area (Å²) in [5, 5.41) is 0. The fraction of sp³-hybridized carbons (Fsp3) is 1.00. The molecule has 0 amide bonds. The molecule has 0 aliphatic rings. The second-order valence-electron chi connectivity index (χ2n) is 4.98. The molecule has 0 spiro atoms. The van der Waals surface area contributed by atoms with Gasteiger partial charge in [-0.25, -0.2) is 0 Å². The Morgan fingerprint density at radius 3 is 2.06 bits per heavy atom. The van der Waals surface area contributed by atoms with E-state index in [4.69, 9.17) is 4.74 Å². The van der Waals surface area contributed by atoms with Gasteiger partial charge in [-0.3, -0.25) is 0 Å². The van der Waals surface area contributed by atoms with Gasteiger partial charge in [-0.1, -0.05) is 33.6 Å². The van der Waals surface area contributed by atoms with Crippen molar-refractivity contribution in [2.24, 2.45) is 5.92 Å². The Balaban J connectivity index is 3.65. The molecule has 0 aliphatic carbocycles. The van der Waals surface area contributed by atoms with Gasteiger partial charge < -0.3 is 9.64 Å². The maximum atomic E-state index is 5.95. The molecule has 0 aromatic carbocycles. The van der Waals surface area contributed by atoms with Crippen molar-refractivity contribution in [3.05, 3.63) is 0 Å². The number of nitrogens with zero attached hydrogens (tertiary/aromatic N) is 1. The van der Waals surface area contributed by atoms with Crippen LogP contribution in [0.15, 0.2) is 0 Å². The van der Waals surface area contributed by atoms with E-state index in [2.05, 4.69) is 39.8 Å². The van der Waals surface area contributed by atoms with Gasteiger partial charge in [0.2, 0.25) is 0 Å². The molecule has 0 N–H and O–H groups in total. The highest BCUT2D eigenvalue weighted by Crippen LogP contribution is 2.18. The van der Waals surface area contributed by atoms with Crippen LogP contribution in [0.4, 0.5) is 0 Å². The van der Waals surface area contributed by atoms with Gasteiger partial charge in [-0.15, -0.1) is 0 Å². The van der Waals surface area contributed by atoms with Crippen molar-refractivity contribution in [3.8, 4) is 0 Å². The van der Waals surface area contributed by atoms with E-state index in [-0.39, 0.29) is 0 Å². The summed E-state index contributed by atoms with van der Waals surface area (Å²) < 4.78 is 5.95. The van der Waals surface area contributed by atoms with Crippen LogP contribution in [-0.4, -0.2) is 38.3 Å². The highest BCUT2D eigenvalue weighted by molar-refractivity contribution is 4.63. The third-order valence-electron chi connectivity index (χ3n) is 3.31. The molecule has 0 saturated heterocycles. The molecule has 16 heavy (non-hydrogen) atoms. The lowest BCUT2D eigenvalue weighted by atomic mass is 9.95. The van der Waals surface area contributed by atoms with Gasteiger partial charge in [0, 0.05) is 6.61 Å². The molecule has 98 valence electrons. The Labute approximate surface area is 102 Å². The average Bonchev–Trinajstić information content (AvgIpc) is 2.28. The average molecular weight is 229 g/mol. The van der Waals surface area contributed by atoms with Crippen molar-refractivity contribution in [3.63, 3.8) is 0 Å². The fourth-order valence-corrected chi connectivity index (χ4v) is 1.98. The monoisotopic (exact) mass is 229 g/mol. The SMILES string of the molecule is CCC(CC)CC(CC)OCCCN(C)C. The summed E-state index contributed by atoms with van der Waals surface area (Å²) in [6.07, 6.45) is 6.59. The lowest BCUT2D eigenvalue weighted by Crippen LogP contribution is -2.20. The van der Waals surface area contributed by atoms with Gasteiger partial charge in [-0.05, 0) is 45.8 Å². The first-order valence-electron chi connectivity index (χ1n) is 6.90. The van der Waals surface area contributed by atoms with E-state index >= 15 is 0 Å². The molecule has 0 fully saturated rings. The quantitative estimate of drug-likeness (QED) is 0.531. The topological polar surface area (TPSA) is 12.5 Å². The van der Waals surface area contributed by atoms with Crippen molar-refractivity contribution in [1.82, 2.24) is 4.90 Å². The zero-order valence-corrected chi connectivity index (χ0v) is 12.0. The third kappa shape index (κ3) is 8.12. The van der Waals surface area contributed by atoms with Gasteiger partial charge in [0.05, 0.1) is 6.10 Å². The van der Waals surface area contributed by atoms with Crippen LogP contribution < -0.4 is 0 Å². The Bertz CT molecular complexity index is 144. The molecule has 2 heteroatoms. The van der Waals surface area contributed by atoms with Crippen LogP contribution in [0.25, 0.3) is 0 Å². The number of ether oxygens (including phenoxy) is 1. The lowest BCUT2D eigenvalue weighted by Gasteiger charge is -2.21. The van der Waals surface area contributed by atoms with Crippen LogP contribution in [0.2, 0.25) is 0 Å². The van der Waals surface area contributed by atoms with E-state index in [1.807, 2.05) is 0 Å². The van der Waals surface area contributed by atoms with Gasteiger partial charge >= 0.3 is 0 Å². The number of hydrogen-bond acceptors (Lipinski definition) is 2. The van der Waals surface area contributed by atoms with Gasteiger partial charge in [0.25, 0.3) is 0 Å². The number of rotatable bonds is 10. The zero-order chi connectivity index (χ0) is 12.4. The van der Waals surface area contributed by atoms with E-state index in [0.29, 0.717) is 6.10 Å². The number of hydrogen-bond donors (Lipinski definition) is 0. The molecule has 0 saturated carbocycles. The van der Waals surface area contributed by atoms with E-state index < -0.39 is 0 Å². The third-order valence-corrected chi connectivity index (χ3v) is 3.31. The summed E-state index contributed by atoms with van der Waals surface area (Å²) in [5.74, 6) is 0.846. The Kier molecular flexibility index (Phi) is 10.0. The fourth-order valence-electron chi connectivity index (χ4n) is 1.98. The Morgan fingerprint density at radius 2 is 1.62 bits per heavy atom. The highest BCUT2D eigenvalue weighted by Gasteiger charge is 2.12. The van der Waals surface area contributed by atoms with Crippen molar-refractivity contribution in [2.75, 3.05) is 27.2 Å². The first kappa shape index (κ1) is 15.9.